The molecule has 0 amide bonds. The number of nitrogen functional groups attached to an aromatic ring is 1. The van der Waals surface area contributed by atoms with E-state index in [9.17, 15) is 14.5 Å². The molecule has 4 rings (SSSR count). The van der Waals surface area contributed by atoms with Gasteiger partial charge < -0.3 is 20.7 Å². The monoisotopic (exact) mass is 473 g/mol. The average Bonchev–Trinajstić information content (AvgIpc) is 3.28. The van der Waals surface area contributed by atoms with E-state index in [-0.39, 0.29) is 22.8 Å². The fourth-order valence-electron chi connectivity index (χ4n) is 3.38. The number of hydrogen-bond acceptors (Lipinski definition) is 8. The summed E-state index contributed by atoms with van der Waals surface area (Å²) in [6.07, 6.45) is 0.721. The van der Waals surface area contributed by atoms with E-state index in [1.165, 1.54) is 29.2 Å². The van der Waals surface area contributed by atoms with Crippen LogP contribution in [-0.4, -0.2) is 27.8 Å². The molecule has 0 spiro atoms. The first-order valence-corrected chi connectivity index (χ1v) is 12.6. The highest BCUT2D eigenvalue weighted by atomic mass is 32.1. The molecular weight excluding hydrogens is 449 g/mol. The number of aromatic nitrogens is 2. The largest absolute Gasteiger partial charge is 0.505 e. The van der Waals surface area contributed by atoms with Gasteiger partial charge in [0.2, 0.25) is 0 Å². The molecule has 0 bridgehead atoms. The van der Waals surface area contributed by atoms with Gasteiger partial charge >= 0.3 is 7.52 Å². The number of aryl methyl sites for hydroxylation is 1. The van der Waals surface area contributed by atoms with Gasteiger partial charge in [0.05, 0.1) is 11.0 Å². The van der Waals surface area contributed by atoms with E-state index in [2.05, 4.69) is 29.0 Å². The lowest BCUT2D eigenvalue weighted by Crippen LogP contribution is -2.35. The Labute approximate surface area is 189 Å². The maximum atomic E-state index is 13.5. The van der Waals surface area contributed by atoms with Gasteiger partial charge in [0, 0.05) is 30.3 Å². The molecule has 2 aromatic heterocycles. The smallest absolute Gasteiger partial charge is 0.348 e. The quantitative estimate of drug-likeness (QED) is 0.368. The van der Waals surface area contributed by atoms with Crippen molar-refractivity contribution < 1.29 is 14.2 Å². The molecule has 1 aliphatic heterocycles. The third kappa shape index (κ3) is 3.97. The lowest BCUT2D eigenvalue weighted by molar-refractivity contribution is 0.404. The number of rotatable bonds is 6. The van der Waals surface area contributed by atoms with Crippen molar-refractivity contribution in [1.29, 1.82) is 0 Å². The van der Waals surface area contributed by atoms with E-state index in [4.69, 9.17) is 10.3 Å². The first kappa shape index (κ1) is 22.3. The molecule has 0 radical (unpaired) electrons. The van der Waals surface area contributed by atoms with Crippen molar-refractivity contribution in [2.45, 2.75) is 26.8 Å². The molecule has 4 N–H and O–H groups in total. The molecule has 1 unspecified atom stereocenters. The van der Waals surface area contributed by atoms with Gasteiger partial charge in [0.1, 0.15) is 11.3 Å². The highest BCUT2D eigenvalue weighted by Gasteiger charge is 2.35. The van der Waals surface area contributed by atoms with E-state index >= 15 is 0 Å². The minimum Gasteiger partial charge on any atom is -0.505 e. The Hall–Kier alpha value is -2.94. The summed E-state index contributed by atoms with van der Waals surface area (Å²) in [6, 6.07) is 6.61. The van der Waals surface area contributed by atoms with Crippen LogP contribution in [0.5, 0.6) is 5.75 Å². The van der Waals surface area contributed by atoms with Gasteiger partial charge in [-0.1, -0.05) is 13.8 Å². The molecule has 0 aliphatic carbocycles. The van der Waals surface area contributed by atoms with Gasteiger partial charge in [0.25, 0.3) is 5.56 Å². The number of nitrogens with two attached hydrogens (primary N) is 1. The topological polar surface area (TPSA) is 132 Å². The van der Waals surface area contributed by atoms with Crippen LogP contribution in [0.1, 0.15) is 25.8 Å². The fourth-order valence-corrected chi connectivity index (χ4v) is 5.57. The number of anilines is 2. The zero-order chi connectivity index (χ0) is 23.0. The summed E-state index contributed by atoms with van der Waals surface area (Å²) in [6.45, 7) is 4.47. The molecule has 3 aromatic rings. The predicted octanol–water partition coefficient (Wildman–Crippen LogP) is 3.64. The second-order valence-electron chi connectivity index (χ2n) is 7.85. The molecule has 1 aliphatic rings. The van der Waals surface area contributed by atoms with E-state index in [0.29, 0.717) is 34.7 Å². The summed E-state index contributed by atoms with van der Waals surface area (Å²) in [5, 5.41) is 22.5. The predicted molar refractivity (Wildman–Crippen MR) is 128 cm³/mol. The summed E-state index contributed by atoms with van der Waals surface area (Å²) < 4.78 is 24.3. The van der Waals surface area contributed by atoms with Crippen LogP contribution in [0.4, 0.5) is 11.4 Å². The first-order valence-electron chi connectivity index (χ1n) is 10.0. The number of aromatic hydroxyl groups is 1. The van der Waals surface area contributed by atoms with Gasteiger partial charge in [-0.05, 0) is 42.0 Å². The Morgan fingerprint density at radius 1 is 1.34 bits per heavy atom. The number of fused-ring (bicyclic) bond motifs is 1. The first-order chi connectivity index (χ1) is 15.2. The highest BCUT2D eigenvalue weighted by molar-refractivity contribution is 7.66. The Bertz CT molecular complexity index is 1300. The summed E-state index contributed by atoms with van der Waals surface area (Å²) in [4.78, 5) is 13.4. The third-order valence-electron chi connectivity index (χ3n) is 5.14. The molecule has 0 fully saturated rings. The third-order valence-corrected chi connectivity index (χ3v) is 7.76. The van der Waals surface area contributed by atoms with Crippen molar-refractivity contribution in [2.24, 2.45) is 10.7 Å². The molecule has 0 saturated heterocycles. The minimum atomic E-state index is -3.73. The van der Waals surface area contributed by atoms with E-state index < -0.39 is 13.1 Å². The van der Waals surface area contributed by atoms with Gasteiger partial charge in [-0.2, -0.15) is 21.2 Å². The Kier molecular flexibility index (Phi) is 5.94. The normalized spacial score (nSPS) is 17.7. The zero-order valence-corrected chi connectivity index (χ0v) is 19.6. The highest BCUT2D eigenvalue weighted by Crippen LogP contribution is 2.51. The molecule has 1 aromatic carbocycles. The Balaban J connectivity index is 1.94. The number of thiophene rings is 1. The van der Waals surface area contributed by atoms with Crippen molar-refractivity contribution in [3.8, 4) is 17.0 Å². The van der Waals surface area contributed by atoms with Crippen LogP contribution in [0.2, 0.25) is 0 Å². The van der Waals surface area contributed by atoms with Crippen LogP contribution in [-0.2, 0) is 15.6 Å². The maximum Gasteiger partial charge on any atom is 0.348 e. The molecule has 0 saturated carbocycles. The second kappa shape index (κ2) is 8.54. The van der Waals surface area contributed by atoms with Gasteiger partial charge in [-0.15, -0.1) is 0 Å². The minimum absolute atomic E-state index is 0.0351. The van der Waals surface area contributed by atoms with E-state index in [1.54, 1.807) is 12.1 Å². The maximum absolute atomic E-state index is 13.5. The molecular formula is C21H24N5O4PS. The number of nitrogens with zero attached hydrogens (tertiary/aromatic N) is 3. The van der Waals surface area contributed by atoms with Crippen LogP contribution in [0.25, 0.3) is 11.3 Å². The lowest BCUT2D eigenvalue weighted by Gasteiger charge is -2.25. The van der Waals surface area contributed by atoms with E-state index in [1.807, 2.05) is 16.8 Å². The molecule has 3 heterocycles. The Morgan fingerprint density at radius 3 is 2.78 bits per heavy atom. The second-order valence-corrected chi connectivity index (χ2v) is 10.7. The average molecular weight is 473 g/mol. The van der Waals surface area contributed by atoms with Crippen LogP contribution >= 0.6 is 18.9 Å². The van der Waals surface area contributed by atoms with Crippen molar-refractivity contribution >= 4 is 41.4 Å². The van der Waals surface area contributed by atoms with Crippen molar-refractivity contribution in [3.63, 3.8) is 0 Å². The van der Waals surface area contributed by atoms with Crippen molar-refractivity contribution in [1.82, 2.24) is 9.78 Å². The van der Waals surface area contributed by atoms with Crippen LogP contribution in [0.3, 0.4) is 0 Å². The van der Waals surface area contributed by atoms with E-state index in [0.717, 1.165) is 6.42 Å². The van der Waals surface area contributed by atoms with Gasteiger partial charge in [-0.25, -0.2) is 4.68 Å². The molecule has 11 heteroatoms. The van der Waals surface area contributed by atoms with Crippen LogP contribution < -0.4 is 21.9 Å². The SMILES string of the molecule is COP1(=O)N=C(c2c(O)c(-c3ccsc3)nn(CCC(C)C)c2=O)Nc2ccc(N)cc21. The van der Waals surface area contributed by atoms with Crippen LogP contribution in [0.15, 0.2) is 44.6 Å². The molecule has 1 atom stereocenters. The van der Waals surface area contributed by atoms with Crippen LogP contribution in [0, 0.1) is 5.92 Å². The van der Waals surface area contributed by atoms with Gasteiger partial charge in [-0.3, -0.25) is 9.36 Å². The number of nitrogens with one attached hydrogen (secondary N) is 1. The van der Waals surface area contributed by atoms with Gasteiger partial charge in [0.15, 0.2) is 11.6 Å². The summed E-state index contributed by atoms with van der Waals surface area (Å²) in [7, 11) is -2.44. The number of hydrogen-bond donors (Lipinski definition) is 3. The summed E-state index contributed by atoms with van der Waals surface area (Å²) in [5.41, 5.74) is 6.98. The lowest BCUT2D eigenvalue weighted by atomic mass is 10.1. The fraction of sp³-hybridized carbons (Fsp3) is 0.286. The molecule has 32 heavy (non-hydrogen) atoms. The standard InChI is InChI=1S/C21H24N5O4PS/c1-12(2)6-8-26-21(28)17(19(27)18(24-26)13-7-9-32-11-13)20-23-15-5-4-14(22)10-16(15)31(29,25-20)30-3/h4-5,7,9-12,27H,6,8,22H2,1-3H3,(H,23,25,29). The zero-order valence-electron chi connectivity index (χ0n) is 17.9. The van der Waals surface area contributed by atoms with Crippen molar-refractivity contribution in [3.05, 3.63) is 50.9 Å². The summed E-state index contributed by atoms with van der Waals surface area (Å²) in [5.74, 6) is -0.0177. The number of amidine groups is 1. The van der Waals surface area contributed by atoms with Crippen molar-refractivity contribution in [2.75, 3.05) is 18.2 Å². The number of benzene rings is 1. The summed E-state index contributed by atoms with van der Waals surface area (Å²) >= 11 is 1.45. The molecule has 168 valence electrons. The molecule has 9 nitrogen and oxygen atoms in total. The Morgan fingerprint density at radius 2 is 2.12 bits per heavy atom.